The number of methoxy groups -OCH3 is 1. The minimum atomic E-state index is -0.582. The molecule has 118 valence electrons. The largest absolute Gasteiger partial charge is 0.497 e. The van der Waals surface area contributed by atoms with Crippen molar-refractivity contribution in [2.75, 3.05) is 7.11 Å². The number of hydrogen-bond donors (Lipinski definition) is 2. The van der Waals surface area contributed by atoms with Crippen LogP contribution in [0.25, 0.3) is 6.08 Å². The molecular formula is C19H19NO3. The highest BCUT2D eigenvalue weighted by atomic mass is 16.5. The second kappa shape index (κ2) is 6.67. The molecule has 2 aromatic rings. The van der Waals surface area contributed by atoms with Gasteiger partial charge in [0, 0.05) is 12.5 Å². The van der Waals surface area contributed by atoms with Crippen LogP contribution in [-0.4, -0.2) is 24.2 Å². The summed E-state index contributed by atoms with van der Waals surface area (Å²) >= 11 is 0. The molecule has 2 N–H and O–H groups in total. The molecule has 4 nitrogen and oxygen atoms in total. The number of rotatable bonds is 4. The lowest BCUT2D eigenvalue weighted by molar-refractivity contribution is -0.117. The van der Waals surface area contributed by atoms with Gasteiger partial charge in [0.2, 0.25) is 5.91 Å². The van der Waals surface area contributed by atoms with E-state index in [0.717, 1.165) is 22.4 Å². The Morgan fingerprint density at radius 3 is 2.91 bits per heavy atom. The van der Waals surface area contributed by atoms with Crippen LogP contribution in [0.2, 0.25) is 0 Å². The molecule has 1 amide bonds. The number of aliphatic hydroxyl groups is 1. The highest BCUT2D eigenvalue weighted by molar-refractivity contribution is 5.92. The van der Waals surface area contributed by atoms with Crippen LogP contribution in [0.4, 0.5) is 0 Å². The number of hydrogen-bond acceptors (Lipinski definition) is 3. The molecular weight excluding hydrogens is 290 g/mol. The van der Waals surface area contributed by atoms with Crippen LogP contribution in [0.15, 0.2) is 54.6 Å². The minimum absolute atomic E-state index is 0.228. The number of carbonyl (C=O) groups is 1. The summed E-state index contributed by atoms with van der Waals surface area (Å²) in [5, 5.41) is 13.0. The third-order valence-electron chi connectivity index (χ3n) is 4.02. The summed E-state index contributed by atoms with van der Waals surface area (Å²) in [5.41, 5.74) is 2.96. The van der Waals surface area contributed by atoms with Gasteiger partial charge in [0.15, 0.2) is 0 Å². The van der Waals surface area contributed by atoms with Gasteiger partial charge >= 0.3 is 0 Å². The van der Waals surface area contributed by atoms with E-state index in [4.69, 9.17) is 4.74 Å². The van der Waals surface area contributed by atoms with E-state index in [1.54, 1.807) is 13.2 Å². The Labute approximate surface area is 135 Å². The normalized spacial score (nSPS) is 19.6. The zero-order chi connectivity index (χ0) is 16.2. The second-order valence-corrected chi connectivity index (χ2v) is 5.57. The fourth-order valence-corrected chi connectivity index (χ4v) is 2.87. The zero-order valence-electron chi connectivity index (χ0n) is 12.9. The maximum atomic E-state index is 12.1. The summed E-state index contributed by atoms with van der Waals surface area (Å²) in [6.07, 6.45) is 3.19. The molecule has 4 heteroatoms. The summed E-state index contributed by atoms with van der Waals surface area (Å²) in [5.74, 6) is 0.515. The molecule has 2 unspecified atom stereocenters. The summed E-state index contributed by atoms with van der Waals surface area (Å²) in [7, 11) is 1.61. The number of benzene rings is 2. The molecule has 2 atom stereocenters. The van der Waals surface area contributed by atoms with Crippen LogP contribution in [0.1, 0.15) is 22.7 Å². The quantitative estimate of drug-likeness (QED) is 0.853. The van der Waals surface area contributed by atoms with Gasteiger partial charge in [0.1, 0.15) is 5.75 Å². The number of ether oxygens (including phenoxy) is 1. The molecule has 2 aromatic carbocycles. The van der Waals surface area contributed by atoms with Crippen LogP contribution in [0.3, 0.4) is 0 Å². The van der Waals surface area contributed by atoms with E-state index < -0.39 is 6.10 Å². The van der Waals surface area contributed by atoms with E-state index in [0.29, 0.717) is 6.42 Å². The first-order valence-electron chi connectivity index (χ1n) is 7.56. The highest BCUT2D eigenvalue weighted by Crippen LogP contribution is 2.31. The van der Waals surface area contributed by atoms with E-state index >= 15 is 0 Å². The maximum absolute atomic E-state index is 12.1. The van der Waals surface area contributed by atoms with E-state index in [9.17, 15) is 9.90 Å². The predicted octanol–water partition coefficient (Wildman–Crippen LogP) is 2.48. The molecule has 0 saturated heterocycles. The summed E-state index contributed by atoms with van der Waals surface area (Å²) in [6.45, 7) is 0. The van der Waals surface area contributed by atoms with Crippen molar-refractivity contribution < 1.29 is 14.6 Å². The van der Waals surface area contributed by atoms with Crippen molar-refractivity contribution in [3.63, 3.8) is 0 Å². The zero-order valence-corrected chi connectivity index (χ0v) is 12.9. The average molecular weight is 309 g/mol. The van der Waals surface area contributed by atoms with Gasteiger partial charge in [-0.15, -0.1) is 0 Å². The number of fused-ring (bicyclic) bond motifs is 1. The monoisotopic (exact) mass is 309 g/mol. The van der Waals surface area contributed by atoms with Crippen LogP contribution < -0.4 is 10.1 Å². The first kappa shape index (κ1) is 15.3. The van der Waals surface area contributed by atoms with Gasteiger partial charge in [-0.05, 0) is 34.9 Å². The van der Waals surface area contributed by atoms with Crippen LogP contribution in [0.5, 0.6) is 5.75 Å². The molecule has 1 aliphatic carbocycles. The Morgan fingerprint density at radius 2 is 2.09 bits per heavy atom. The molecule has 0 saturated carbocycles. The first-order chi connectivity index (χ1) is 11.2. The summed E-state index contributed by atoms with van der Waals surface area (Å²) in [6, 6.07) is 14.9. The fourth-order valence-electron chi connectivity index (χ4n) is 2.87. The summed E-state index contributed by atoms with van der Waals surface area (Å²) in [4.78, 5) is 12.1. The SMILES string of the molecule is COc1cccc(/C=C/C(=O)NC2c3ccccc3CC2O)c1. The topological polar surface area (TPSA) is 58.6 Å². The maximum Gasteiger partial charge on any atom is 0.244 e. The molecule has 23 heavy (non-hydrogen) atoms. The fraction of sp³-hybridized carbons (Fsp3) is 0.211. The third-order valence-corrected chi connectivity index (χ3v) is 4.02. The smallest absolute Gasteiger partial charge is 0.244 e. The first-order valence-corrected chi connectivity index (χ1v) is 7.56. The standard InChI is InChI=1S/C19H19NO3/c1-23-15-7-4-5-13(11-15)9-10-18(22)20-19-16-8-3-2-6-14(16)12-17(19)21/h2-11,17,19,21H,12H2,1H3,(H,20,22)/b10-9+. The Bertz CT molecular complexity index is 739. The lowest BCUT2D eigenvalue weighted by Crippen LogP contribution is -2.32. The van der Waals surface area contributed by atoms with Crippen LogP contribution in [-0.2, 0) is 11.2 Å². The molecule has 3 rings (SSSR count). The van der Waals surface area contributed by atoms with Gasteiger partial charge < -0.3 is 15.2 Å². The lowest BCUT2D eigenvalue weighted by atomic mass is 10.1. The van der Waals surface area contributed by atoms with Crippen molar-refractivity contribution in [1.82, 2.24) is 5.32 Å². The number of amides is 1. The molecule has 0 fully saturated rings. The van der Waals surface area contributed by atoms with Gasteiger partial charge in [-0.2, -0.15) is 0 Å². The molecule has 0 bridgehead atoms. The van der Waals surface area contributed by atoms with Crippen molar-refractivity contribution in [3.05, 3.63) is 71.3 Å². The Kier molecular flexibility index (Phi) is 4.44. The van der Waals surface area contributed by atoms with E-state index in [-0.39, 0.29) is 11.9 Å². The van der Waals surface area contributed by atoms with Gasteiger partial charge in [-0.3, -0.25) is 4.79 Å². The van der Waals surface area contributed by atoms with Crippen molar-refractivity contribution >= 4 is 12.0 Å². The number of carbonyl (C=O) groups excluding carboxylic acids is 1. The number of aliphatic hydroxyl groups excluding tert-OH is 1. The van der Waals surface area contributed by atoms with Crippen molar-refractivity contribution in [3.8, 4) is 5.75 Å². The minimum Gasteiger partial charge on any atom is -0.497 e. The van der Waals surface area contributed by atoms with Gasteiger partial charge in [-0.25, -0.2) is 0 Å². The molecule has 0 spiro atoms. The average Bonchev–Trinajstić information content (AvgIpc) is 2.89. The van der Waals surface area contributed by atoms with Gasteiger partial charge in [-0.1, -0.05) is 36.4 Å². The van der Waals surface area contributed by atoms with Crippen molar-refractivity contribution in [2.24, 2.45) is 0 Å². The van der Waals surface area contributed by atoms with E-state index in [1.807, 2.05) is 48.5 Å². The van der Waals surface area contributed by atoms with Crippen molar-refractivity contribution in [1.29, 1.82) is 0 Å². The Hall–Kier alpha value is -2.59. The molecule has 0 aliphatic heterocycles. The third kappa shape index (κ3) is 3.43. The number of nitrogens with one attached hydrogen (secondary N) is 1. The molecule has 0 aromatic heterocycles. The Balaban J connectivity index is 1.69. The molecule has 1 aliphatic rings. The summed E-state index contributed by atoms with van der Waals surface area (Å²) < 4.78 is 5.15. The van der Waals surface area contributed by atoms with Crippen LogP contribution >= 0.6 is 0 Å². The molecule has 0 radical (unpaired) electrons. The molecule has 0 heterocycles. The van der Waals surface area contributed by atoms with Gasteiger partial charge in [0.05, 0.1) is 19.3 Å². The van der Waals surface area contributed by atoms with E-state index in [1.165, 1.54) is 6.08 Å². The second-order valence-electron chi connectivity index (χ2n) is 5.57. The predicted molar refractivity (Wildman–Crippen MR) is 89.1 cm³/mol. The van der Waals surface area contributed by atoms with Gasteiger partial charge in [0.25, 0.3) is 0 Å². The highest BCUT2D eigenvalue weighted by Gasteiger charge is 2.31. The van der Waals surface area contributed by atoms with E-state index in [2.05, 4.69) is 5.32 Å². The lowest BCUT2D eigenvalue weighted by Gasteiger charge is -2.16. The van der Waals surface area contributed by atoms with Crippen LogP contribution in [0, 0.1) is 0 Å². The Morgan fingerprint density at radius 1 is 1.26 bits per heavy atom. The van der Waals surface area contributed by atoms with Crippen molar-refractivity contribution in [2.45, 2.75) is 18.6 Å².